The van der Waals surface area contributed by atoms with Crippen LogP contribution in [0.2, 0.25) is 0 Å². The van der Waals surface area contributed by atoms with Gasteiger partial charge in [-0.1, -0.05) is 42.5 Å². The van der Waals surface area contributed by atoms with Crippen molar-refractivity contribution < 1.29 is 24.6 Å². The van der Waals surface area contributed by atoms with E-state index in [1.165, 1.54) is 12.1 Å². The van der Waals surface area contributed by atoms with E-state index < -0.39 is 41.9 Å². The third-order valence-corrected chi connectivity index (χ3v) is 6.13. The number of amides is 3. The first kappa shape index (κ1) is 33.4. The zero-order chi connectivity index (χ0) is 31.1. The highest BCUT2D eigenvalue weighted by Gasteiger charge is 2.29. The second-order valence-electron chi connectivity index (χ2n) is 9.79. The second kappa shape index (κ2) is 17.1. The van der Waals surface area contributed by atoms with Crippen molar-refractivity contribution in [3.05, 3.63) is 65.7 Å². The van der Waals surface area contributed by atoms with Crippen LogP contribution in [0.25, 0.3) is 0 Å². The SMILES string of the molecule is C[C@H](CO)NC(=O)[C@H](Cc1ccccc1)NC(=O)[C@@H](CCCN=C(N)N)NC(=O)[C@H](Cc1ccc(O)cc1)N=C(N)N. The van der Waals surface area contributed by atoms with Gasteiger partial charge in [0.2, 0.25) is 17.7 Å². The van der Waals surface area contributed by atoms with Gasteiger partial charge in [0.05, 0.1) is 6.61 Å². The molecule has 14 heteroatoms. The van der Waals surface area contributed by atoms with Crippen molar-refractivity contribution in [1.29, 1.82) is 0 Å². The number of carbonyl (C=O) groups excluding carboxylic acids is 3. The molecule has 4 atom stereocenters. The summed E-state index contributed by atoms with van der Waals surface area (Å²) < 4.78 is 0. The average Bonchev–Trinajstić information content (AvgIpc) is 2.94. The van der Waals surface area contributed by atoms with Gasteiger partial charge in [0.1, 0.15) is 23.9 Å². The number of aliphatic imine (C=N–C) groups is 2. The smallest absolute Gasteiger partial charge is 0.245 e. The van der Waals surface area contributed by atoms with Gasteiger partial charge in [-0.2, -0.15) is 0 Å². The Bertz CT molecular complexity index is 1210. The third-order valence-electron chi connectivity index (χ3n) is 6.13. The molecular weight excluding hydrogens is 542 g/mol. The molecule has 2 rings (SSSR count). The van der Waals surface area contributed by atoms with Crippen LogP contribution in [0.1, 0.15) is 30.9 Å². The average molecular weight is 584 g/mol. The Kier molecular flexibility index (Phi) is 13.6. The first-order chi connectivity index (χ1) is 20.0. The molecule has 0 saturated carbocycles. The van der Waals surface area contributed by atoms with Gasteiger partial charge in [-0.15, -0.1) is 0 Å². The van der Waals surface area contributed by atoms with Crippen LogP contribution in [0.15, 0.2) is 64.6 Å². The van der Waals surface area contributed by atoms with Crippen LogP contribution in [0.4, 0.5) is 0 Å². The Morgan fingerprint density at radius 2 is 1.38 bits per heavy atom. The molecule has 42 heavy (non-hydrogen) atoms. The molecule has 228 valence electrons. The third kappa shape index (κ3) is 12.1. The van der Waals surface area contributed by atoms with Crippen molar-refractivity contribution in [2.75, 3.05) is 13.2 Å². The highest BCUT2D eigenvalue weighted by Crippen LogP contribution is 2.13. The lowest BCUT2D eigenvalue weighted by molar-refractivity contribution is -0.132. The fourth-order valence-corrected chi connectivity index (χ4v) is 3.99. The van der Waals surface area contributed by atoms with Crippen molar-refractivity contribution in [3.8, 4) is 5.75 Å². The van der Waals surface area contributed by atoms with E-state index in [0.29, 0.717) is 12.0 Å². The van der Waals surface area contributed by atoms with E-state index in [9.17, 15) is 24.6 Å². The van der Waals surface area contributed by atoms with Crippen LogP contribution in [-0.2, 0) is 27.2 Å². The molecule has 0 unspecified atom stereocenters. The maximum Gasteiger partial charge on any atom is 0.245 e. The lowest BCUT2D eigenvalue weighted by Crippen LogP contribution is -2.56. The summed E-state index contributed by atoms with van der Waals surface area (Å²) in [6, 6.07) is 11.6. The molecule has 3 amide bonds. The summed E-state index contributed by atoms with van der Waals surface area (Å²) in [6.45, 7) is 1.55. The van der Waals surface area contributed by atoms with Crippen LogP contribution >= 0.6 is 0 Å². The van der Waals surface area contributed by atoms with E-state index in [1.807, 2.05) is 30.3 Å². The molecule has 0 aliphatic rings. The molecule has 0 aliphatic carbocycles. The van der Waals surface area contributed by atoms with Crippen LogP contribution < -0.4 is 38.9 Å². The molecule has 0 heterocycles. The van der Waals surface area contributed by atoms with Gasteiger partial charge >= 0.3 is 0 Å². The van der Waals surface area contributed by atoms with Gasteiger partial charge in [0, 0.05) is 25.4 Å². The molecular formula is C28H41N9O5. The lowest BCUT2D eigenvalue weighted by atomic mass is 10.0. The minimum absolute atomic E-state index is 0.0570. The van der Waals surface area contributed by atoms with Crippen LogP contribution in [0.3, 0.4) is 0 Å². The van der Waals surface area contributed by atoms with Gasteiger partial charge in [0.25, 0.3) is 0 Å². The number of rotatable bonds is 16. The summed E-state index contributed by atoms with van der Waals surface area (Å²) in [7, 11) is 0. The van der Waals surface area contributed by atoms with Crippen molar-refractivity contribution >= 4 is 29.6 Å². The van der Waals surface area contributed by atoms with Crippen molar-refractivity contribution in [2.24, 2.45) is 32.9 Å². The second-order valence-corrected chi connectivity index (χ2v) is 9.79. The van der Waals surface area contributed by atoms with E-state index in [1.54, 1.807) is 19.1 Å². The van der Waals surface area contributed by atoms with E-state index in [4.69, 9.17) is 22.9 Å². The van der Waals surface area contributed by atoms with Gasteiger partial charge in [-0.05, 0) is 43.0 Å². The van der Waals surface area contributed by atoms with E-state index in [0.717, 1.165) is 5.56 Å². The number of phenols is 1. The van der Waals surface area contributed by atoms with Crippen LogP contribution in [0, 0.1) is 0 Å². The predicted molar refractivity (Wildman–Crippen MR) is 160 cm³/mol. The predicted octanol–water partition coefficient (Wildman–Crippen LogP) is -1.66. The number of hydrogen-bond donors (Lipinski definition) is 9. The molecule has 0 aliphatic heterocycles. The number of hydrogen-bond acceptors (Lipinski definition) is 7. The minimum atomic E-state index is -1.09. The minimum Gasteiger partial charge on any atom is -0.508 e. The first-order valence-corrected chi connectivity index (χ1v) is 13.5. The van der Waals surface area contributed by atoms with Crippen molar-refractivity contribution in [1.82, 2.24) is 16.0 Å². The number of aromatic hydroxyl groups is 1. The molecule has 13 N–H and O–H groups in total. The van der Waals surface area contributed by atoms with Crippen molar-refractivity contribution in [2.45, 2.75) is 56.8 Å². The van der Waals surface area contributed by atoms with Gasteiger partial charge in [0.15, 0.2) is 11.9 Å². The Hall–Kier alpha value is -4.85. The van der Waals surface area contributed by atoms with Gasteiger partial charge in [-0.25, -0.2) is 4.99 Å². The monoisotopic (exact) mass is 583 g/mol. The molecule has 0 saturated heterocycles. The number of carbonyl (C=O) groups is 3. The normalized spacial score (nSPS) is 13.5. The maximum atomic E-state index is 13.6. The molecule has 0 spiro atoms. The Labute approximate surface area is 244 Å². The molecule has 0 fully saturated rings. The number of guanidine groups is 2. The number of benzene rings is 2. The number of nitrogens with zero attached hydrogens (tertiary/aromatic N) is 2. The summed E-state index contributed by atoms with van der Waals surface area (Å²) in [6.07, 6.45) is 0.722. The Morgan fingerprint density at radius 3 is 1.98 bits per heavy atom. The first-order valence-electron chi connectivity index (χ1n) is 13.5. The molecule has 2 aromatic rings. The lowest BCUT2D eigenvalue weighted by Gasteiger charge is -2.25. The summed E-state index contributed by atoms with van der Waals surface area (Å²) in [5.41, 5.74) is 23.4. The van der Waals surface area contributed by atoms with E-state index in [2.05, 4.69) is 25.9 Å². The Balaban J connectivity index is 2.29. The molecule has 14 nitrogen and oxygen atoms in total. The summed E-state index contributed by atoms with van der Waals surface area (Å²) in [5, 5.41) is 27.1. The fourth-order valence-electron chi connectivity index (χ4n) is 3.99. The van der Waals surface area contributed by atoms with Crippen LogP contribution in [0.5, 0.6) is 5.75 Å². The van der Waals surface area contributed by atoms with E-state index >= 15 is 0 Å². The zero-order valence-electron chi connectivity index (χ0n) is 23.6. The number of aliphatic hydroxyl groups is 1. The topological polar surface area (TPSA) is 257 Å². The quantitative estimate of drug-likeness (QED) is 0.0621. The number of nitrogens with two attached hydrogens (primary N) is 4. The summed E-state index contributed by atoms with van der Waals surface area (Å²) >= 11 is 0. The van der Waals surface area contributed by atoms with Gasteiger partial charge < -0.3 is 49.1 Å². The highest BCUT2D eigenvalue weighted by atomic mass is 16.3. The molecule has 0 aromatic heterocycles. The molecule has 0 radical (unpaired) electrons. The van der Waals surface area contributed by atoms with Crippen molar-refractivity contribution in [3.63, 3.8) is 0 Å². The number of phenolic OH excluding ortho intramolecular Hbond substituents is 1. The summed E-state index contributed by atoms with van der Waals surface area (Å²) in [5.74, 6) is -2.11. The number of aliphatic hydroxyl groups excluding tert-OH is 1. The Morgan fingerprint density at radius 1 is 0.786 bits per heavy atom. The largest absolute Gasteiger partial charge is 0.508 e. The fraction of sp³-hybridized carbons (Fsp3) is 0.393. The summed E-state index contributed by atoms with van der Waals surface area (Å²) in [4.78, 5) is 47.9. The number of nitrogens with one attached hydrogen (secondary N) is 3. The molecule has 2 aromatic carbocycles. The maximum absolute atomic E-state index is 13.6. The standard InChI is InChI=1S/C28H41N9O5/c1-17(16-38)34-25(41)22(14-18-6-3-2-4-7-18)36-24(40)21(8-5-13-33-27(29)30)35-26(42)23(37-28(31)32)15-19-9-11-20(39)12-10-19/h2-4,6-7,9-12,17,21-23,38-39H,5,8,13-16H2,1H3,(H,34,41)(H,35,42)(H,36,40)(H4,29,30,33)(H4,31,32,37)/t17-,21-,22+,23+/m1/s1. The molecule has 0 bridgehead atoms. The zero-order valence-corrected chi connectivity index (χ0v) is 23.6. The highest BCUT2D eigenvalue weighted by molar-refractivity contribution is 5.94. The van der Waals surface area contributed by atoms with E-state index in [-0.39, 0.29) is 50.1 Å². The van der Waals surface area contributed by atoms with Crippen LogP contribution in [-0.4, -0.2) is 77.2 Å². The van der Waals surface area contributed by atoms with Gasteiger partial charge in [-0.3, -0.25) is 19.4 Å².